The molecule has 1 aromatic heterocycles. The molecule has 2 aromatic rings. The number of benzene rings is 1. The summed E-state index contributed by atoms with van der Waals surface area (Å²) in [5, 5.41) is 8.68. The maximum absolute atomic E-state index is 11.6. The zero-order chi connectivity index (χ0) is 15.2. The summed E-state index contributed by atoms with van der Waals surface area (Å²) in [6.07, 6.45) is 1.49. The maximum atomic E-state index is 11.6. The van der Waals surface area contributed by atoms with Crippen LogP contribution in [0.3, 0.4) is 0 Å². The molecule has 0 saturated heterocycles. The molecule has 0 saturated carbocycles. The summed E-state index contributed by atoms with van der Waals surface area (Å²) < 4.78 is 7.00. The number of carbonyl (C=O) groups is 1. The van der Waals surface area contributed by atoms with Gasteiger partial charge in [-0.2, -0.15) is 0 Å². The number of carboxylic acid groups (broad SMARTS) is 1. The number of carboxylic acids is 1. The molecular formula is C15H16N2O4. The van der Waals surface area contributed by atoms with Crippen molar-refractivity contribution in [3.05, 3.63) is 58.3 Å². The van der Waals surface area contributed by atoms with Gasteiger partial charge in [0.25, 0.3) is 5.56 Å². The second kappa shape index (κ2) is 6.69. The Labute approximate surface area is 121 Å². The SMILES string of the molecule is Cc1cc(=O)n(CCOc2ccc(CC(=O)O)cc2)cn1. The van der Waals surface area contributed by atoms with E-state index in [1.165, 1.54) is 17.0 Å². The zero-order valence-electron chi connectivity index (χ0n) is 11.7. The van der Waals surface area contributed by atoms with E-state index < -0.39 is 5.97 Å². The molecule has 1 aromatic carbocycles. The van der Waals surface area contributed by atoms with Gasteiger partial charge in [-0.1, -0.05) is 12.1 Å². The molecule has 0 unspecified atom stereocenters. The first-order valence-corrected chi connectivity index (χ1v) is 6.51. The van der Waals surface area contributed by atoms with E-state index >= 15 is 0 Å². The predicted octanol–water partition coefficient (Wildman–Crippen LogP) is 1.26. The number of hydrogen-bond acceptors (Lipinski definition) is 4. The van der Waals surface area contributed by atoms with Crippen molar-refractivity contribution in [2.75, 3.05) is 6.61 Å². The van der Waals surface area contributed by atoms with Crippen molar-refractivity contribution in [1.29, 1.82) is 0 Å². The zero-order valence-corrected chi connectivity index (χ0v) is 11.7. The number of aliphatic carboxylic acids is 1. The van der Waals surface area contributed by atoms with Crippen LogP contribution in [0.25, 0.3) is 0 Å². The minimum Gasteiger partial charge on any atom is -0.492 e. The van der Waals surface area contributed by atoms with E-state index in [9.17, 15) is 9.59 Å². The highest BCUT2D eigenvalue weighted by Gasteiger charge is 2.01. The molecule has 110 valence electrons. The van der Waals surface area contributed by atoms with Crippen LogP contribution in [0.15, 0.2) is 41.5 Å². The largest absolute Gasteiger partial charge is 0.492 e. The molecule has 1 N–H and O–H groups in total. The summed E-state index contributed by atoms with van der Waals surface area (Å²) in [7, 11) is 0. The standard InChI is InChI=1S/C15H16N2O4/c1-11-8-14(18)17(10-16-11)6-7-21-13-4-2-12(3-5-13)9-15(19)20/h2-5,8,10H,6-7,9H2,1H3,(H,19,20). The van der Waals surface area contributed by atoms with Gasteiger partial charge < -0.3 is 9.84 Å². The number of aryl methyl sites for hydroxylation is 1. The number of nitrogens with zero attached hydrogens (tertiary/aromatic N) is 2. The average molecular weight is 288 g/mol. The summed E-state index contributed by atoms with van der Waals surface area (Å²) in [6, 6.07) is 8.33. The normalized spacial score (nSPS) is 10.3. The summed E-state index contributed by atoms with van der Waals surface area (Å²) in [6.45, 7) is 2.51. The van der Waals surface area contributed by atoms with Crippen LogP contribution in [0.2, 0.25) is 0 Å². The molecule has 0 aliphatic heterocycles. The molecule has 0 spiro atoms. The highest BCUT2D eigenvalue weighted by Crippen LogP contribution is 2.12. The Morgan fingerprint density at radius 3 is 2.67 bits per heavy atom. The Balaban J connectivity index is 1.88. The Kier molecular flexibility index (Phi) is 4.71. The van der Waals surface area contributed by atoms with Gasteiger partial charge in [0.05, 0.1) is 19.3 Å². The topological polar surface area (TPSA) is 81.4 Å². The van der Waals surface area contributed by atoms with Gasteiger partial charge in [0.1, 0.15) is 12.4 Å². The van der Waals surface area contributed by atoms with E-state index in [0.717, 1.165) is 0 Å². The Morgan fingerprint density at radius 2 is 2.05 bits per heavy atom. The van der Waals surface area contributed by atoms with Crippen LogP contribution in [0.1, 0.15) is 11.3 Å². The highest BCUT2D eigenvalue weighted by molar-refractivity contribution is 5.70. The molecule has 0 fully saturated rings. The third kappa shape index (κ3) is 4.45. The fourth-order valence-electron chi connectivity index (χ4n) is 1.82. The molecule has 0 radical (unpaired) electrons. The van der Waals surface area contributed by atoms with E-state index in [4.69, 9.17) is 9.84 Å². The molecule has 6 heteroatoms. The van der Waals surface area contributed by atoms with Crippen molar-refractivity contribution >= 4 is 5.97 Å². The maximum Gasteiger partial charge on any atom is 0.307 e. The fourth-order valence-corrected chi connectivity index (χ4v) is 1.82. The van der Waals surface area contributed by atoms with Crippen LogP contribution >= 0.6 is 0 Å². The van der Waals surface area contributed by atoms with E-state index in [1.807, 2.05) is 0 Å². The van der Waals surface area contributed by atoms with Crippen LogP contribution in [0, 0.1) is 6.92 Å². The average Bonchev–Trinajstić information content (AvgIpc) is 2.42. The minimum atomic E-state index is -0.866. The van der Waals surface area contributed by atoms with Crippen molar-refractivity contribution in [3.8, 4) is 5.75 Å². The third-order valence-corrected chi connectivity index (χ3v) is 2.90. The van der Waals surface area contributed by atoms with Crippen molar-refractivity contribution in [2.45, 2.75) is 19.9 Å². The van der Waals surface area contributed by atoms with Gasteiger partial charge in [-0.05, 0) is 24.6 Å². The molecule has 0 bridgehead atoms. The first kappa shape index (κ1) is 14.8. The van der Waals surface area contributed by atoms with Crippen LogP contribution in [0.4, 0.5) is 0 Å². The number of aromatic nitrogens is 2. The lowest BCUT2D eigenvalue weighted by molar-refractivity contribution is -0.136. The summed E-state index contributed by atoms with van der Waals surface area (Å²) in [5.41, 5.74) is 1.29. The van der Waals surface area contributed by atoms with E-state index in [-0.39, 0.29) is 12.0 Å². The third-order valence-electron chi connectivity index (χ3n) is 2.90. The summed E-state index contributed by atoms with van der Waals surface area (Å²) in [5.74, 6) is -0.229. The van der Waals surface area contributed by atoms with E-state index in [0.29, 0.717) is 30.2 Å². The monoisotopic (exact) mass is 288 g/mol. The van der Waals surface area contributed by atoms with Crippen LogP contribution < -0.4 is 10.3 Å². The molecule has 0 aliphatic rings. The van der Waals surface area contributed by atoms with Crippen molar-refractivity contribution < 1.29 is 14.6 Å². The second-order valence-electron chi connectivity index (χ2n) is 4.62. The van der Waals surface area contributed by atoms with Crippen molar-refractivity contribution in [1.82, 2.24) is 9.55 Å². The lowest BCUT2D eigenvalue weighted by Gasteiger charge is -2.08. The van der Waals surface area contributed by atoms with Gasteiger partial charge in [-0.15, -0.1) is 0 Å². The van der Waals surface area contributed by atoms with Crippen molar-refractivity contribution in [2.24, 2.45) is 0 Å². The molecule has 6 nitrogen and oxygen atoms in total. The van der Waals surface area contributed by atoms with Gasteiger partial charge >= 0.3 is 5.97 Å². The van der Waals surface area contributed by atoms with Gasteiger partial charge in [0.15, 0.2) is 0 Å². The first-order valence-electron chi connectivity index (χ1n) is 6.51. The van der Waals surface area contributed by atoms with Crippen LogP contribution in [-0.2, 0) is 17.8 Å². The predicted molar refractivity (Wildman–Crippen MR) is 76.5 cm³/mol. The molecule has 21 heavy (non-hydrogen) atoms. The lowest BCUT2D eigenvalue weighted by Crippen LogP contribution is -2.23. The number of rotatable bonds is 6. The Bertz CT molecular complexity index is 677. The second-order valence-corrected chi connectivity index (χ2v) is 4.62. The quantitative estimate of drug-likeness (QED) is 0.865. The Hall–Kier alpha value is -2.63. The molecule has 0 aliphatic carbocycles. The highest BCUT2D eigenvalue weighted by atomic mass is 16.5. The Morgan fingerprint density at radius 1 is 1.33 bits per heavy atom. The molecule has 2 rings (SSSR count). The molecule has 1 heterocycles. The van der Waals surface area contributed by atoms with Crippen LogP contribution in [0.5, 0.6) is 5.75 Å². The van der Waals surface area contributed by atoms with Gasteiger partial charge in [-0.3, -0.25) is 14.2 Å². The molecule has 0 amide bonds. The van der Waals surface area contributed by atoms with E-state index in [2.05, 4.69) is 4.98 Å². The van der Waals surface area contributed by atoms with Crippen LogP contribution in [-0.4, -0.2) is 27.2 Å². The lowest BCUT2D eigenvalue weighted by atomic mass is 10.1. The van der Waals surface area contributed by atoms with E-state index in [1.54, 1.807) is 31.2 Å². The number of hydrogen-bond donors (Lipinski definition) is 1. The smallest absolute Gasteiger partial charge is 0.307 e. The number of ether oxygens (including phenoxy) is 1. The van der Waals surface area contributed by atoms with Gasteiger partial charge in [0, 0.05) is 11.8 Å². The van der Waals surface area contributed by atoms with Gasteiger partial charge in [-0.25, -0.2) is 4.98 Å². The minimum absolute atomic E-state index is 0.00922. The first-order chi connectivity index (χ1) is 10.0. The summed E-state index contributed by atoms with van der Waals surface area (Å²) >= 11 is 0. The fraction of sp³-hybridized carbons (Fsp3) is 0.267. The molecule has 0 atom stereocenters. The van der Waals surface area contributed by atoms with Crippen molar-refractivity contribution in [3.63, 3.8) is 0 Å². The van der Waals surface area contributed by atoms with Gasteiger partial charge in [0.2, 0.25) is 0 Å². The summed E-state index contributed by atoms with van der Waals surface area (Å²) in [4.78, 5) is 26.3. The molecular weight excluding hydrogens is 272 g/mol.